The molecule has 3 rings (SSSR count). The Morgan fingerprint density at radius 2 is 1.60 bits per heavy atom. The van der Waals surface area contributed by atoms with Gasteiger partial charge in [-0.1, -0.05) is 50.1 Å². The molecular formula is C18H22F3N3O. The first-order chi connectivity index (χ1) is 12.0. The summed E-state index contributed by atoms with van der Waals surface area (Å²) >= 11 is 0. The van der Waals surface area contributed by atoms with Crippen LogP contribution in [0, 0.1) is 0 Å². The predicted octanol–water partition coefficient (Wildman–Crippen LogP) is 5.76. The van der Waals surface area contributed by atoms with Crippen LogP contribution in [0.5, 0.6) is 0 Å². The van der Waals surface area contributed by atoms with Crippen molar-refractivity contribution < 1.29 is 17.7 Å². The molecule has 2 aromatic heterocycles. The van der Waals surface area contributed by atoms with E-state index < -0.39 is 12.1 Å². The summed E-state index contributed by atoms with van der Waals surface area (Å²) in [6.45, 7) is 0. The van der Waals surface area contributed by atoms with E-state index in [1.165, 1.54) is 32.1 Å². The number of pyridine rings is 1. The molecule has 0 spiro atoms. The van der Waals surface area contributed by atoms with Gasteiger partial charge in [-0.3, -0.25) is 4.98 Å². The van der Waals surface area contributed by atoms with Crippen molar-refractivity contribution in [2.45, 2.75) is 69.9 Å². The van der Waals surface area contributed by atoms with Gasteiger partial charge in [0, 0.05) is 23.4 Å². The van der Waals surface area contributed by atoms with Crippen LogP contribution in [0.3, 0.4) is 0 Å². The summed E-state index contributed by atoms with van der Waals surface area (Å²) in [4.78, 5) is 7.93. The Morgan fingerprint density at radius 3 is 2.20 bits per heavy atom. The summed E-state index contributed by atoms with van der Waals surface area (Å²) in [6.07, 6.45) is 7.79. The van der Waals surface area contributed by atoms with E-state index in [-0.39, 0.29) is 5.82 Å². The van der Waals surface area contributed by atoms with Crippen molar-refractivity contribution in [1.29, 1.82) is 0 Å². The highest BCUT2D eigenvalue weighted by molar-refractivity contribution is 5.54. The second-order valence-electron chi connectivity index (χ2n) is 6.64. The van der Waals surface area contributed by atoms with Gasteiger partial charge in [0.1, 0.15) is 0 Å². The maximum absolute atomic E-state index is 12.6. The van der Waals surface area contributed by atoms with Gasteiger partial charge in [0.25, 0.3) is 0 Å². The highest BCUT2D eigenvalue weighted by Gasteiger charge is 2.38. The Labute approximate surface area is 144 Å². The number of alkyl halides is 3. The second-order valence-corrected chi connectivity index (χ2v) is 6.64. The van der Waals surface area contributed by atoms with Crippen LogP contribution >= 0.6 is 0 Å². The van der Waals surface area contributed by atoms with Crippen molar-refractivity contribution in [3.8, 4) is 11.4 Å². The van der Waals surface area contributed by atoms with E-state index in [4.69, 9.17) is 0 Å². The summed E-state index contributed by atoms with van der Waals surface area (Å²) in [7, 11) is 0. The van der Waals surface area contributed by atoms with E-state index in [9.17, 15) is 13.2 Å². The van der Waals surface area contributed by atoms with Gasteiger partial charge in [0.2, 0.25) is 5.82 Å². The summed E-state index contributed by atoms with van der Waals surface area (Å²) in [5, 5.41) is 3.47. The summed E-state index contributed by atoms with van der Waals surface area (Å²) in [5.74, 6) is -1.03. The fourth-order valence-electron chi connectivity index (χ4n) is 3.37. The maximum atomic E-state index is 12.6. The molecule has 0 amide bonds. The van der Waals surface area contributed by atoms with Gasteiger partial charge < -0.3 is 4.52 Å². The predicted molar refractivity (Wildman–Crippen MR) is 86.8 cm³/mol. The summed E-state index contributed by atoms with van der Waals surface area (Å²) in [6, 6.07) is 3.43. The van der Waals surface area contributed by atoms with E-state index in [1.54, 1.807) is 18.3 Å². The topological polar surface area (TPSA) is 51.8 Å². The van der Waals surface area contributed by atoms with Gasteiger partial charge in [0.05, 0.1) is 0 Å². The number of halogens is 3. The van der Waals surface area contributed by atoms with Crippen molar-refractivity contribution in [2.75, 3.05) is 0 Å². The Hall–Kier alpha value is -1.92. The number of hydrogen-bond donors (Lipinski definition) is 0. The molecule has 7 heteroatoms. The first-order valence-electron chi connectivity index (χ1n) is 8.91. The zero-order valence-electron chi connectivity index (χ0n) is 14.1. The fourth-order valence-corrected chi connectivity index (χ4v) is 3.37. The number of rotatable bonds is 2. The molecular weight excluding hydrogens is 331 g/mol. The average molecular weight is 353 g/mol. The fraction of sp³-hybridized carbons (Fsp3) is 0.611. The lowest BCUT2D eigenvalue weighted by molar-refractivity contribution is -0.159. The lowest BCUT2D eigenvalue weighted by Gasteiger charge is -2.18. The minimum atomic E-state index is -4.63. The molecule has 0 unspecified atom stereocenters. The summed E-state index contributed by atoms with van der Waals surface area (Å²) in [5.41, 5.74) is 1.43. The molecule has 0 aromatic carbocycles. The molecule has 1 fully saturated rings. The first kappa shape index (κ1) is 17.9. The molecule has 136 valence electrons. The quantitative estimate of drug-likeness (QED) is 0.689. The maximum Gasteiger partial charge on any atom is 0.471 e. The van der Waals surface area contributed by atoms with Crippen LogP contribution in [0.2, 0.25) is 0 Å². The molecule has 1 aliphatic rings. The summed E-state index contributed by atoms with van der Waals surface area (Å²) < 4.78 is 42.2. The monoisotopic (exact) mass is 353 g/mol. The van der Waals surface area contributed by atoms with Gasteiger partial charge in [0.15, 0.2) is 0 Å². The van der Waals surface area contributed by atoms with Crippen molar-refractivity contribution in [3.05, 3.63) is 29.9 Å². The van der Waals surface area contributed by atoms with Gasteiger partial charge >= 0.3 is 12.1 Å². The third-order valence-corrected chi connectivity index (χ3v) is 4.73. The van der Waals surface area contributed by atoms with Crippen LogP contribution in [0.1, 0.15) is 75.3 Å². The third-order valence-electron chi connectivity index (χ3n) is 4.73. The average Bonchev–Trinajstić information content (AvgIpc) is 3.10. The smallest absolute Gasteiger partial charge is 0.329 e. The highest BCUT2D eigenvalue weighted by atomic mass is 19.4. The Morgan fingerprint density at radius 1 is 0.960 bits per heavy atom. The lowest BCUT2D eigenvalue weighted by atomic mass is 9.89. The van der Waals surface area contributed by atoms with Gasteiger partial charge in [-0.05, 0) is 25.0 Å². The largest absolute Gasteiger partial charge is 0.471 e. The van der Waals surface area contributed by atoms with Gasteiger partial charge in [-0.2, -0.15) is 18.2 Å². The molecule has 1 saturated carbocycles. The SMILES string of the molecule is FC(F)(F)c1nc(-c2ccnc(C3CCCCCCCCC3)c2)no1. The Balaban J connectivity index is 1.78. The molecule has 2 aromatic rings. The van der Waals surface area contributed by atoms with Crippen LogP contribution in [0.15, 0.2) is 22.9 Å². The molecule has 25 heavy (non-hydrogen) atoms. The van der Waals surface area contributed by atoms with Crippen molar-refractivity contribution in [3.63, 3.8) is 0 Å². The molecule has 0 bridgehead atoms. The second kappa shape index (κ2) is 7.97. The number of hydrogen-bond acceptors (Lipinski definition) is 4. The van der Waals surface area contributed by atoms with Crippen LogP contribution < -0.4 is 0 Å². The molecule has 0 N–H and O–H groups in total. The normalized spacial score (nSPS) is 18.2. The molecule has 4 nitrogen and oxygen atoms in total. The Bertz CT molecular complexity index is 674. The minimum absolute atomic E-state index is 0.0455. The zero-order chi connectivity index (χ0) is 17.7. The van der Waals surface area contributed by atoms with Crippen LogP contribution in [0.4, 0.5) is 13.2 Å². The number of nitrogens with zero attached hydrogens (tertiary/aromatic N) is 3. The van der Waals surface area contributed by atoms with E-state index >= 15 is 0 Å². The van der Waals surface area contributed by atoms with E-state index in [1.807, 2.05) is 0 Å². The van der Waals surface area contributed by atoms with Crippen molar-refractivity contribution in [2.24, 2.45) is 0 Å². The van der Waals surface area contributed by atoms with Crippen LogP contribution in [-0.2, 0) is 6.18 Å². The third kappa shape index (κ3) is 4.80. The van der Waals surface area contributed by atoms with Crippen LogP contribution in [-0.4, -0.2) is 15.1 Å². The molecule has 1 aliphatic carbocycles. The molecule has 0 aliphatic heterocycles. The zero-order valence-corrected chi connectivity index (χ0v) is 14.1. The highest BCUT2D eigenvalue weighted by Crippen LogP contribution is 2.32. The molecule has 0 radical (unpaired) electrons. The van der Waals surface area contributed by atoms with E-state index in [0.717, 1.165) is 31.4 Å². The molecule has 0 saturated heterocycles. The Kier molecular flexibility index (Phi) is 5.71. The van der Waals surface area contributed by atoms with Crippen molar-refractivity contribution in [1.82, 2.24) is 15.1 Å². The van der Waals surface area contributed by atoms with Crippen LogP contribution in [0.25, 0.3) is 11.4 Å². The van der Waals surface area contributed by atoms with E-state index in [2.05, 4.69) is 19.6 Å². The molecule has 2 heterocycles. The van der Waals surface area contributed by atoms with Gasteiger partial charge in [-0.25, -0.2) is 0 Å². The van der Waals surface area contributed by atoms with E-state index in [0.29, 0.717) is 11.5 Å². The number of aromatic nitrogens is 3. The first-order valence-corrected chi connectivity index (χ1v) is 8.91. The lowest BCUT2D eigenvalue weighted by Crippen LogP contribution is -2.05. The minimum Gasteiger partial charge on any atom is -0.329 e. The van der Waals surface area contributed by atoms with Crippen molar-refractivity contribution >= 4 is 0 Å². The van der Waals surface area contributed by atoms with Gasteiger partial charge in [-0.15, -0.1) is 0 Å². The standard InChI is InChI=1S/C18H22F3N3O/c19-18(20,21)17-23-16(24-25-17)14-10-11-22-15(12-14)13-8-6-4-2-1-3-5-7-9-13/h10-13H,1-9H2. The molecule has 0 atom stereocenters.